The highest BCUT2D eigenvalue weighted by Crippen LogP contribution is 2.38. The number of methoxy groups -OCH3 is 1. The predicted molar refractivity (Wildman–Crippen MR) is 66.5 cm³/mol. The van der Waals surface area contributed by atoms with Crippen molar-refractivity contribution < 1.29 is 14.9 Å². The molecule has 3 nitrogen and oxygen atoms in total. The molecule has 3 heteroatoms. The molecule has 0 aliphatic rings. The van der Waals surface area contributed by atoms with E-state index in [2.05, 4.69) is 0 Å². The van der Waals surface area contributed by atoms with E-state index in [1.807, 2.05) is 19.1 Å². The van der Waals surface area contributed by atoms with Crippen molar-refractivity contribution in [3.05, 3.63) is 42.0 Å². The zero-order valence-electron chi connectivity index (χ0n) is 9.77. The first kappa shape index (κ1) is 11.3. The van der Waals surface area contributed by atoms with Gasteiger partial charge in [0.15, 0.2) is 0 Å². The molecule has 0 unspecified atom stereocenters. The molecule has 0 fully saturated rings. The van der Waals surface area contributed by atoms with Crippen LogP contribution in [-0.4, -0.2) is 17.3 Å². The highest BCUT2D eigenvalue weighted by molar-refractivity contribution is 5.77. The van der Waals surface area contributed by atoms with E-state index in [0.29, 0.717) is 16.9 Å². The van der Waals surface area contributed by atoms with Crippen molar-refractivity contribution >= 4 is 0 Å². The molecule has 88 valence electrons. The summed E-state index contributed by atoms with van der Waals surface area (Å²) in [6.45, 7) is 1.82. The molecule has 2 N–H and O–H groups in total. The molecule has 17 heavy (non-hydrogen) atoms. The first-order valence-electron chi connectivity index (χ1n) is 5.29. The maximum Gasteiger partial charge on any atom is 0.126 e. The Kier molecular flexibility index (Phi) is 2.91. The van der Waals surface area contributed by atoms with E-state index in [4.69, 9.17) is 4.74 Å². The summed E-state index contributed by atoms with van der Waals surface area (Å²) in [5.74, 6) is 0.932. The SMILES string of the molecule is COc1ccc(O)c(-c2cccc(C)c2O)c1. The fourth-order valence-corrected chi connectivity index (χ4v) is 1.73. The standard InChI is InChI=1S/C14H14O3/c1-9-4-3-5-11(14(9)16)12-8-10(17-2)6-7-13(12)15/h3-8,15-16H,1-2H3. The molecular weight excluding hydrogens is 216 g/mol. The van der Waals surface area contributed by atoms with Crippen LogP contribution in [0.3, 0.4) is 0 Å². The molecule has 0 aliphatic heterocycles. The second kappa shape index (κ2) is 4.37. The Labute approximate surface area is 99.9 Å². The van der Waals surface area contributed by atoms with Gasteiger partial charge in [-0.05, 0) is 30.7 Å². The molecule has 0 saturated heterocycles. The minimum Gasteiger partial charge on any atom is -0.507 e. The molecule has 2 aromatic carbocycles. The molecule has 0 aromatic heterocycles. The van der Waals surface area contributed by atoms with E-state index in [-0.39, 0.29) is 11.5 Å². The minimum atomic E-state index is 0.117. The third-order valence-corrected chi connectivity index (χ3v) is 2.73. The molecule has 0 radical (unpaired) electrons. The van der Waals surface area contributed by atoms with Crippen molar-refractivity contribution in [1.82, 2.24) is 0 Å². The molecule has 0 saturated carbocycles. The lowest BCUT2D eigenvalue weighted by Crippen LogP contribution is -1.86. The van der Waals surface area contributed by atoms with Crippen molar-refractivity contribution in [2.75, 3.05) is 7.11 Å². The highest BCUT2D eigenvalue weighted by atomic mass is 16.5. The average Bonchev–Trinajstić information content (AvgIpc) is 2.34. The third-order valence-electron chi connectivity index (χ3n) is 2.73. The van der Waals surface area contributed by atoms with Crippen LogP contribution in [0.15, 0.2) is 36.4 Å². The first-order valence-corrected chi connectivity index (χ1v) is 5.29. The number of hydrogen-bond acceptors (Lipinski definition) is 3. The summed E-state index contributed by atoms with van der Waals surface area (Å²) in [5.41, 5.74) is 1.93. The minimum absolute atomic E-state index is 0.117. The molecule has 2 aromatic rings. The van der Waals surface area contributed by atoms with Crippen molar-refractivity contribution in [2.45, 2.75) is 6.92 Å². The van der Waals surface area contributed by atoms with Gasteiger partial charge >= 0.3 is 0 Å². The molecule has 0 spiro atoms. The largest absolute Gasteiger partial charge is 0.507 e. The van der Waals surface area contributed by atoms with Gasteiger partial charge in [-0.25, -0.2) is 0 Å². The molecule has 0 atom stereocenters. The Morgan fingerprint density at radius 1 is 1.00 bits per heavy atom. The Balaban J connectivity index is 2.63. The summed E-state index contributed by atoms with van der Waals surface area (Å²) in [5, 5.41) is 19.8. The predicted octanol–water partition coefficient (Wildman–Crippen LogP) is 3.08. The molecular formula is C14H14O3. The van der Waals surface area contributed by atoms with Crippen LogP contribution in [0.1, 0.15) is 5.56 Å². The number of para-hydroxylation sites is 1. The zero-order valence-corrected chi connectivity index (χ0v) is 9.77. The maximum absolute atomic E-state index is 9.99. The average molecular weight is 230 g/mol. The highest BCUT2D eigenvalue weighted by Gasteiger charge is 2.11. The molecule has 0 heterocycles. The molecule has 0 amide bonds. The van der Waals surface area contributed by atoms with E-state index in [0.717, 1.165) is 5.56 Å². The Hall–Kier alpha value is -2.16. The van der Waals surface area contributed by atoms with Crippen LogP contribution in [0.5, 0.6) is 17.2 Å². The van der Waals surface area contributed by atoms with Gasteiger partial charge in [0.05, 0.1) is 7.11 Å². The van der Waals surface area contributed by atoms with Gasteiger partial charge in [0.2, 0.25) is 0 Å². The van der Waals surface area contributed by atoms with Crippen molar-refractivity contribution in [2.24, 2.45) is 0 Å². The fourth-order valence-electron chi connectivity index (χ4n) is 1.73. The summed E-state index contributed by atoms with van der Waals surface area (Å²) in [7, 11) is 1.56. The van der Waals surface area contributed by atoms with Crippen LogP contribution in [0.2, 0.25) is 0 Å². The smallest absolute Gasteiger partial charge is 0.126 e. The second-order valence-electron chi connectivity index (χ2n) is 3.85. The van der Waals surface area contributed by atoms with Crippen molar-refractivity contribution in [3.63, 3.8) is 0 Å². The fraction of sp³-hybridized carbons (Fsp3) is 0.143. The number of aryl methyl sites for hydroxylation is 1. The van der Waals surface area contributed by atoms with Gasteiger partial charge in [-0.1, -0.05) is 18.2 Å². The summed E-state index contributed by atoms with van der Waals surface area (Å²) in [6.07, 6.45) is 0. The van der Waals surface area contributed by atoms with Crippen LogP contribution < -0.4 is 4.74 Å². The number of benzene rings is 2. The summed E-state index contributed by atoms with van der Waals surface area (Å²) < 4.78 is 5.11. The van der Waals surface area contributed by atoms with Gasteiger partial charge in [-0.2, -0.15) is 0 Å². The number of rotatable bonds is 2. The molecule has 2 rings (SSSR count). The van der Waals surface area contributed by atoms with Gasteiger partial charge in [0, 0.05) is 11.1 Å². The van der Waals surface area contributed by atoms with Crippen LogP contribution in [0.4, 0.5) is 0 Å². The van der Waals surface area contributed by atoms with Gasteiger partial charge in [0.25, 0.3) is 0 Å². The first-order chi connectivity index (χ1) is 8.13. The third kappa shape index (κ3) is 2.04. The lowest BCUT2D eigenvalue weighted by Gasteiger charge is -2.10. The lowest BCUT2D eigenvalue weighted by atomic mass is 10.0. The summed E-state index contributed by atoms with van der Waals surface area (Å²) in [6, 6.07) is 10.3. The van der Waals surface area contributed by atoms with Crippen LogP contribution in [0.25, 0.3) is 11.1 Å². The number of phenols is 2. The maximum atomic E-state index is 9.99. The van der Waals surface area contributed by atoms with E-state index >= 15 is 0 Å². The van der Waals surface area contributed by atoms with Crippen LogP contribution >= 0.6 is 0 Å². The monoisotopic (exact) mass is 230 g/mol. The Morgan fingerprint density at radius 3 is 2.47 bits per heavy atom. The van der Waals surface area contributed by atoms with Gasteiger partial charge < -0.3 is 14.9 Å². The zero-order chi connectivity index (χ0) is 12.4. The molecule has 0 aliphatic carbocycles. The van der Waals surface area contributed by atoms with Crippen LogP contribution in [0, 0.1) is 6.92 Å². The quantitative estimate of drug-likeness (QED) is 0.833. The van der Waals surface area contributed by atoms with Crippen molar-refractivity contribution in [3.8, 4) is 28.4 Å². The normalized spacial score (nSPS) is 10.2. The van der Waals surface area contributed by atoms with E-state index in [9.17, 15) is 10.2 Å². The molecule has 0 bridgehead atoms. The van der Waals surface area contributed by atoms with Crippen LogP contribution in [-0.2, 0) is 0 Å². The number of phenolic OH excluding ortho intramolecular Hbond substituents is 2. The Bertz CT molecular complexity index is 547. The van der Waals surface area contributed by atoms with Crippen molar-refractivity contribution in [1.29, 1.82) is 0 Å². The van der Waals surface area contributed by atoms with Gasteiger partial charge in [-0.3, -0.25) is 0 Å². The summed E-state index contributed by atoms with van der Waals surface area (Å²) in [4.78, 5) is 0. The van der Waals surface area contributed by atoms with E-state index in [1.54, 1.807) is 31.4 Å². The topological polar surface area (TPSA) is 49.7 Å². The summed E-state index contributed by atoms with van der Waals surface area (Å²) >= 11 is 0. The Morgan fingerprint density at radius 2 is 1.76 bits per heavy atom. The van der Waals surface area contributed by atoms with E-state index < -0.39 is 0 Å². The number of ether oxygens (including phenoxy) is 1. The number of aromatic hydroxyl groups is 2. The second-order valence-corrected chi connectivity index (χ2v) is 3.85. The van der Waals surface area contributed by atoms with E-state index in [1.165, 1.54) is 0 Å². The van der Waals surface area contributed by atoms with Gasteiger partial charge in [-0.15, -0.1) is 0 Å². The number of hydrogen-bond donors (Lipinski definition) is 2. The van der Waals surface area contributed by atoms with Gasteiger partial charge in [0.1, 0.15) is 17.2 Å². The lowest BCUT2D eigenvalue weighted by molar-refractivity contribution is 0.412.